The molecule has 0 amide bonds. The molecule has 0 heterocycles. The van der Waals surface area contributed by atoms with E-state index in [1.807, 2.05) is 18.2 Å². The van der Waals surface area contributed by atoms with Gasteiger partial charge in [-0.15, -0.1) is 0 Å². The average Bonchev–Trinajstić information content (AvgIpc) is 2.27. The van der Waals surface area contributed by atoms with Gasteiger partial charge in [0.15, 0.2) is 0 Å². The zero-order valence-corrected chi connectivity index (χ0v) is 10.2. The Balaban J connectivity index is 2.95. The first-order valence-corrected chi connectivity index (χ1v) is 5.57. The van der Waals surface area contributed by atoms with E-state index in [9.17, 15) is 0 Å². The lowest BCUT2D eigenvalue weighted by atomic mass is 9.93. The minimum Gasteiger partial charge on any atom is -0.495 e. The summed E-state index contributed by atoms with van der Waals surface area (Å²) < 4.78 is 5.16. The molecule has 2 N–H and O–H groups in total. The van der Waals surface area contributed by atoms with E-state index in [0.717, 1.165) is 12.0 Å². The molecule has 0 fully saturated rings. The van der Waals surface area contributed by atoms with Gasteiger partial charge in [0.2, 0.25) is 0 Å². The maximum absolute atomic E-state index is 6.12. The Morgan fingerprint density at radius 1 is 1.47 bits per heavy atom. The van der Waals surface area contributed by atoms with Gasteiger partial charge >= 0.3 is 0 Å². The zero-order chi connectivity index (χ0) is 11.4. The van der Waals surface area contributed by atoms with Crippen molar-refractivity contribution in [3.05, 3.63) is 28.8 Å². The molecule has 0 aliphatic heterocycles. The van der Waals surface area contributed by atoms with E-state index in [4.69, 9.17) is 22.1 Å². The van der Waals surface area contributed by atoms with E-state index < -0.39 is 0 Å². The first kappa shape index (κ1) is 12.3. The summed E-state index contributed by atoms with van der Waals surface area (Å²) in [6.07, 6.45) is 1.06. The zero-order valence-electron chi connectivity index (χ0n) is 9.46. The van der Waals surface area contributed by atoms with E-state index in [1.165, 1.54) is 0 Å². The van der Waals surface area contributed by atoms with Crippen molar-refractivity contribution in [3.63, 3.8) is 0 Å². The summed E-state index contributed by atoms with van der Waals surface area (Å²) in [5.41, 5.74) is 7.20. The molecule has 0 saturated heterocycles. The molecule has 15 heavy (non-hydrogen) atoms. The highest BCUT2D eigenvalue weighted by atomic mass is 35.5. The number of benzene rings is 1. The predicted molar refractivity (Wildman–Crippen MR) is 64.4 cm³/mol. The Morgan fingerprint density at radius 3 is 2.67 bits per heavy atom. The van der Waals surface area contributed by atoms with E-state index in [1.54, 1.807) is 7.11 Å². The van der Waals surface area contributed by atoms with Gasteiger partial charge in [-0.25, -0.2) is 0 Å². The van der Waals surface area contributed by atoms with E-state index >= 15 is 0 Å². The second-order valence-electron chi connectivity index (χ2n) is 3.81. The Bertz CT molecular complexity index is 327. The molecule has 0 radical (unpaired) electrons. The summed E-state index contributed by atoms with van der Waals surface area (Å²) in [5, 5.41) is 0.623. The van der Waals surface area contributed by atoms with Crippen molar-refractivity contribution >= 4 is 11.6 Å². The maximum Gasteiger partial charge on any atom is 0.137 e. The van der Waals surface area contributed by atoms with Gasteiger partial charge < -0.3 is 10.5 Å². The third-order valence-electron chi connectivity index (χ3n) is 2.82. The van der Waals surface area contributed by atoms with Crippen LogP contribution >= 0.6 is 11.6 Å². The fourth-order valence-corrected chi connectivity index (χ4v) is 1.66. The molecule has 1 aromatic rings. The first-order valence-electron chi connectivity index (χ1n) is 5.19. The molecule has 1 unspecified atom stereocenters. The van der Waals surface area contributed by atoms with E-state index in [-0.39, 0.29) is 6.04 Å². The Kier molecular flexibility index (Phi) is 4.43. The van der Waals surface area contributed by atoms with Gasteiger partial charge in [-0.05, 0) is 23.6 Å². The number of ether oxygens (including phenoxy) is 1. The molecule has 84 valence electrons. The summed E-state index contributed by atoms with van der Waals surface area (Å²) >= 11 is 5.95. The third-order valence-corrected chi connectivity index (χ3v) is 3.13. The molecule has 3 heteroatoms. The largest absolute Gasteiger partial charge is 0.495 e. The van der Waals surface area contributed by atoms with Crippen molar-refractivity contribution in [3.8, 4) is 5.75 Å². The number of nitrogens with two attached hydrogens (primary N) is 1. The minimum atomic E-state index is 0.0427. The molecule has 0 saturated carbocycles. The number of rotatable bonds is 4. The van der Waals surface area contributed by atoms with Gasteiger partial charge in [0.05, 0.1) is 12.1 Å². The quantitative estimate of drug-likeness (QED) is 0.856. The molecule has 0 spiro atoms. The maximum atomic E-state index is 6.12. The standard InChI is InChI=1S/C12H18ClNO/c1-4-8(2)12(14)9-5-6-10(13)11(7-9)15-3/h5-8,12H,4,14H2,1-3H3/t8?,12-/m0/s1. The lowest BCUT2D eigenvalue weighted by Crippen LogP contribution is -2.18. The topological polar surface area (TPSA) is 35.2 Å². The Labute approximate surface area is 96.4 Å². The van der Waals surface area contributed by atoms with Crippen LogP contribution in [0.1, 0.15) is 31.9 Å². The molecule has 2 nitrogen and oxygen atoms in total. The van der Waals surface area contributed by atoms with Crippen LogP contribution in [0.3, 0.4) is 0 Å². The van der Waals surface area contributed by atoms with Crippen molar-refractivity contribution in [2.75, 3.05) is 7.11 Å². The Morgan fingerprint density at radius 2 is 2.13 bits per heavy atom. The van der Waals surface area contributed by atoms with Crippen LogP contribution in [0.2, 0.25) is 5.02 Å². The average molecular weight is 228 g/mol. The molecule has 2 atom stereocenters. The molecule has 0 aromatic heterocycles. The summed E-state index contributed by atoms with van der Waals surface area (Å²) in [6, 6.07) is 5.75. The second-order valence-corrected chi connectivity index (χ2v) is 4.21. The molecule has 0 aliphatic carbocycles. The highest BCUT2D eigenvalue weighted by Gasteiger charge is 2.14. The summed E-state index contributed by atoms with van der Waals surface area (Å²) in [5.74, 6) is 1.14. The molecule has 1 rings (SSSR count). The van der Waals surface area contributed by atoms with Crippen LogP contribution in [-0.2, 0) is 0 Å². The minimum absolute atomic E-state index is 0.0427. The van der Waals surface area contributed by atoms with Crippen LogP contribution in [-0.4, -0.2) is 7.11 Å². The monoisotopic (exact) mass is 227 g/mol. The molecule has 0 aliphatic rings. The van der Waals surface area contributed by atoms with Crippen molar-refractivity contribution in [1.82, 2.24) is 0 Å². The molecular formula is C12H18ClNO. The molecular weight excluding hydrogens is 210 g/mol. The van der Waals surface area contributed by atoms with Crippen LogP contribution in [0, 0.1) is 5.92 Å². The summed E-state index contributed by atoms with van der Waals surface area (Å²) in [4.78, 5) is 0. The van der Waals surface area contributed by atoms with Crippen LogP contribution in [0.15, 0.2) is 18.2 Å². The first-order chi connectivity index (χ1) is 7.10. The van der Waals surface area contributed by atoms with Gasteiger partial charge in [-0.2, -0.15) is 0 Å². The fraction of sp³-hybridized carbons (Fsp3) is 0.500. The van der Waals surface area contributed by atoms with Crippen molar-refractivity contribution < 1.29 is 4.74 Å². The van der Waals surface area contributed by atoms with Crippen LogP contribution in [0.5, 0.6) is 5.75 Å². The highest BCUT2D eigenvalue weighted by Crippen LogP contribution is 2.30. The number of hydrogen-bond donors (Lipinski definition) is 1. The van der Waals surface area contributed by atoms with Crippen LogP contribution in [0.25, 0.3) is 0 Å². The number of halogens is 1. The van der Waals surface area contributed by atoms with E-state index in [2.05, 4.69) is 13.8 Å². The predicted octanol–water partition coefficient (Wildman–Crippen LogP) is 3.39. The summed E-state index contributed by atoms with van der Waals surface area (Å²) in [6.45, 7) is 4.28. The molecule has 0 bridgehead atoms. The normalized spacial score (nSPS) is 14.7. The summed E-state index contributed by atoms with van der Waals surface area (Å²) in [7, 11) is 1.61. The third kappa shape index (κ3) is 2.86. The smallest absolute Gasteiger partial charge is 0.137 e. The lowest BCUT2D eigenvalue weighted by Gasteiger charge is -2.19. The SMILES string of the molecule is CCC(C)[C@H](N)c1ccc(Cl)c(OC)c1. The molecule has 1 aromatic carbocycles. The fourth-order valence-electron chi connectivity index (χ4n) is 1.47. The number of methoxy groups -OCH3 is 1. The van der Waals surface area contributed by atoms with Crippen LogP contribution < -0.4 is 10.5 Å². The van der Waals surface area contributed by atoms with Crippen molar-refractivity contribution in [2.24, 2.45) is 11.7 Å². The van der Waals surface area contributed by atoms with Gasteiger partial charge in [-0.3, -0.25) is 0 Å². The Hall–Kier alpha value is -0.730. The van der Waals surface area contributed by atoms with E-state index in [0.29, 0.717) is 16.7 Å². The van der Waals surface area contributed by atoms with Gasteiger partial charge in [0, 0.05) is 6.04 Å². The van der Waals surface area contributed by atoms with Crippen molar-refractivity contribution in [2.45, 2.75) is 26.3 Å². The second kappa shape index (κ2) is 5.38. The highest BCUT2D eigenvalue weighted by molar-refractivity contribution is 6.32. The van der Waals surface area contributed by atoms with Crippen LogP contribution in [0.4, 0.5) is 0 Å². The van der Waals surface area contributed by atoms with Gasteiger partial charge in [-0.1, -0.05) is 37.9 Å². The van der Waals surface area contributed by atoms with Crippen molar-refractivity contribution in [1.29, 1.82) is 0 Å². The number of hydrogen-bond acceptors (Lipinski definition) is 2. The van der Waals surface area contributed by atoms with Gasteiger partial charge in [0.1, 0.15) is 5.75 Å². The lowest BCUT2D eigenvalue weighted by molar-refractivity contribution is 0.410. The van der Waals surface area contributed by atoms with Gasteiger partial charge in [0.25, 0.3) is 0 Å².